The van der Waals surface area contributed by atoms with Crippen LogP contribution in [-0.4, -0.2) is 47.4 Å². The van der Waals surface area contributed by atoms with Gasteiger partial charge in [-0.3, -0.25) is 9.59 Å². The Morgan fingerprint density at radius 2 is 0.573 bits per heavy atom. The predicted molar refractivity (Wildman–Crippen MR) is 361 cm³/mol. The summed E-state index contributed by atoms with van der Waals surface area (Å²) >= 11 is 0. The van der Waals surface area contributed by atoms with Crippen LogP contribution in [0.2, 0.25) is 0 Å². The Hall–Kier alpha value is -1.66. The Kier molecular flexibility index (Phi) is 70.4. The summed E-state index contributed by atoms with van der Waals surface area (Å²) < 4.78 is 5.51. The van der Waals surface area contributed by atoms with Gasteiger partial charge in [0.15, 0.2) is 0 Å². The molecule has 0 saturated heterocycles. The Bertz CT molecular complexity index is 1280. The molecule has 0 fully saturated rings. The third-order valence-corrected chi connectivity index (χ3v) is 17.7. The molecule has 0 aromatic carbocycles. The lowest BCUT2D eigenvalue weighted by Crippen LogP contribution is -2.45. The molecule has 2 unspecified atom stereocenters. The quantitative estimate of drug-likeness (QED) is 0.0320. The molecule has 0 aliphatic heterocycles. The topological polar surface area (TPSA) is 95.9 Å². The molecule has 486 valence electrons. The molecule has 0 radical (unpaired) electrons. The largest absolute Gasteiger partial charge is 0.466 e. The van der Waals surface area contributed by atoms with E-state index in [9.17, 15) is 19.8 Å². The lowest BCUT2D eigenvalue weighted by Gasteiger charge is -2.20. The summed E-state index contributed by atoms with van der Waals surface area (Å²) in [5.74, 6) is -0.0572. The lowest BCUT2D eigenvalue weighted by atomic mass is 10.0. The second-order valence-corrected chi connectivity index (χ2v) is 26.0. The fourth-order valence-electron chi connectivity index (χ4n) is 12.0. The number of esters is 1. The molecule has 3 N–H and O–H groups in total. The molecule has 0 aromatic rings. The van der Waals surface area contributed by atoms with Gasteiger partial charge in [-0.25, -0.2) is 0 Å². The molecule has 6 nitrogen and oxygen atoms in total. The van der Waals surface area contributed by atoms with Crippen molar-refractivity contribution in [1.29, 1.82) is 0 Å². The average Bonchev–Trinajstić information content (AvgIpc) is 3.48. The summed E-state index contributed by atoms with van der Waals surface area (Å²) in [6, 6.07) is -0.635. The number of unbranched alkanes of at least 4 members (excludes halogenated alkanes) is 58. The molecule has 0 aliphatic rings. The Balaban J connectivity index is 3.42. The van der Waals surface area contributed by atoms with Gasteiger partial charge in [0.2, 0.25) is 5.91 Å². The van der Waals surface area contributed by atoms with Crippen molar-refractivity contribution in [2.24, 2.45) is 0 Å². The van der Waals surface area contributed by atoms with E-state index in [2.05, 4.69) is 31.3 Å². The fraction of sp³-hybridized carbons (Fsp3) is 0.921. The van der Waals surface area contributed by atoms with Crippen molar-refractivity contribution < 1.29 is 24.5 Å². The van der Waals surface area contributed by atoms with Gasteiger partial charge in [0.25, 0.3) is 0 Å². The van der Waals surface area contributed by atoms with Crippen LogP contribution in [0.1, 0.15) is 425 Å². The Morgan fingerprint density at radius 3 is 0.866 bits per heavy atom. The van der Waals surface area contributed by atoms with E-state index in [1.165, 1.54) is 353 Å². The van der Waals surface area contributed by atoms with Gasteiger partial charge in [0.05, 0.1) is 25.4 Å². The van der Waals surface area contributed by atoms with Crippen LogP contribution in [0.4, 0.5) is 0 Å². The van der Waals surface area contributed by atoms with Crippen molar-refractivity contribution in [3.05, 3.63) is 24.3 Å². The molecule has 0 aromatic heterocycles. The second-order valence-electron chi connectivity index (χ2n) is 26.0. The monoisotopic (exact) mass is 1150 g/mol. The summed E-state index contributed by atoms with van der Waals surface area (Å²) in [7, 11) is 0. The molecular formula is C76H147NO5. The van der Waals surface area contributed by atoms with Crippen LogP contribution in [0, 0.1) is 0 Å². The molecule has 1 amide bonds. The minimum atomic E-state index is -0.851. The first kappa shape index (κ1) is 80.3. The van der Waals surface area contributed by atoms with E-state index in [0.717, 1.165) is 44.9 Å². The maximum absolute atomic E-state index is 12.5. The SMILES string of the molecule is CCCCCCCCCCCCCCCCCCCCCCCCC/C=C/C(O)C(CO)NC(=O)CCCCCCCCC/C=C\CCCCCCCCCCCCOC(=O)CCCCCCCCCCCCCCCCCCCCC. The van der Waals surface area contributed by atoms with Gasteiger partial charge in [-0.15, -0.1) is 0 Å². The summed E-state index contributed by atoms with van der Waals surface area (Å²) in [5.41, 5.74) is 0. The zero-order valence-corrected chi connectivity index (χ0v) is 55.8. The first-order chi connectivity index (χ1) is 40.5. The average molecular weight is 1160 g/mol. The highest BCUT2D eigenvalue weighted by Crippen LogP contribution is 2.19. The highest BCUT2D eigenvalue weighted by Gasteiger charge is 2.18. The van der Waals surface area contributed by atoms with Gasteiger partial charge in [0, 0.05) is 12.8 Å². The zero-order chi connectivity index (χ0) is 59.2. The number of hydrogen-bond donors (Lipinski definition) is 3. The van der Waals surface area contributed by atoms with E-state index in [1.54, 1.807) is 6.08 Å². The van der Waals surface area contributed by atoms with Crippen LogP contribution in [0.5, 0.6) is 0 Å². The number of allylic oxidation sites excluding steroid dienone is 3. The third-order valence-electron chi connectivity index (χ3n) is 17.7. The number of rotatable bonds is 71. The molecule has 0 heterocycles. The lowest BCUT2D eigenvalue weighted by molar-refractivity contribution is -0.143. The van der Waals surface area contributed by atoms with Gasteiger partial charge < -0.3 is 20.3 Å². The molecule has 0 saturated carbocycles. The van der Waals surface area contributed by atoms with Crippen LogP contribution in [0.25, 0.3) is 0 Å². The summed E-state index contributed by atoms with van der Waals surface area (Å²) in [6.45, 7) is 4.95. The molecule has 2 atom stereocenters. The molecule has 0 aliphatic carbocycles. The third kappa shape index (κ3) is 67.5. The fourth-order valence-corrected chi connectivity index (χ4v) is 12.0. The normalized spacial score (nSPS) is 12.6. The van der Waals surface area contributed by atoms with E-state index in [4.69, 9.17) is 4.74 Å². The summed E-state index contributed by atoms with van der Waals surface area (Å²) in [6.07, 6.45) is 91.3. The summed E-state index contributed by atoms with van der Waals surface area (Å²) in [5, 5.41) is 23.3. The Morgan fingerprint density at radius 1 is 0.329 bits per heavy atom. The van der Waals surface area contributed by atoms with Crippen molar-refractivity contribution >= 4 is 11.9 Å². The smallest absolute Gasteiger partial charge is 0.305 e. The van der Waals surface area contributed by atoms with Crippen molar-refractivity contribution in [1.82, 2.24) is 5.32 Å². The number of ether oxygens (including phenoxy) is 1. The van der Waals surface area contributed by atoms with Crippen molar-refractivity contribution in [2.75, 3.05) is 13.2 Å². The number of aliphatic hydroxyl groups excluding tert-OH is 2. The first-order valence-corrected chi connectivity index (χ1v) is 37.6. The highest BCUT2D eigenvalue weighted by atomic mass is 16.5. The summed E-state index contributed by atoms with van der Waals surface area (Å²) in [4.78, 5) is 24.7. The van der Waals surface area contributed by atoms with Gasteiger partial charge in [-0.1, -0.05) is 378 Å². The molecule has 0 bridgehead atoms. The second kappa shape index (κ2) is 71.8. The van der Waals surface area contributed by atoms with Gasteiger partial charge in [0.1, 0.15) is 0 Å². The number of carbonyl (C=O) groups is 2. The molecule has 6 heteroatoms. The number of amides is 1. The van der Waals surface area contributed by atoms with E-state index >= 15 is 0 Å². The standard InChI is InChI=1S/C76H147NO5/c1-3-5-7-9-11-13-15-17-19-21-23-24-25-26-27-29-33-36-40-44-48-52-56-60-64-68-74(79)73(72-78)77-75(80)69-65-61-57-53-49-45-41-37-34-30-28-31-35-39-43-47-51-55-59-63-67-71-82-76(81)70-66-62-58-54-50-46-42-38-32-22-20-18-16-14-12-10-8-6-4-2/h30,34,64,68,73-74,78-79H,3-29,31-33,35-63,65-67,69-72H2,1-2H3,(H,77,80)/b34-30-,68-64+. The maximum Gasteiger partial charge on any atom is 0.305 e. The van der Waals surface area contributed by atoms with Gasteiger partial charge >= 0.3 is 5.97 Å². The Labute approximate surface area is 513 Å². The number of nitrogens with one attached hydrogen (secondary N) is 1. The van der Waals surface area contributed by atoms with Crippen molar-refractivity contribution in [2.45, 2.75) is 437 Å². The van der Waals surface area contributed by atoms with Gasteiger partial charge in [-0.2, -0.15) is 0 Å². The number of hydrogen-bond acceptors (Lipinski definition) is 5. The van der Waals surface area contributed by atoms with E-state index in [0.29, 0.717) is 19.4 Å². The molecule has 82 heavy (non-hydrogen) atoms. The van der Waals surface area contributed by atoms with E-state index in [1.807, 2.05) is 6.08 Å². The van der Waals surface area contributed by atoms with E-state index < -0.39 is 12.1 Å². The molecule has 0 rings (SSSR count). The minimum absolute atomic E-state index is 0.0136. The van der Waals surface area contributed by atoms with E-state index in [-0.39, 0.29) is 18.5 Å². The first-order valence-electron chi connectivity index (χ1n) is 37.6. The van der Waals surface area contributed by atoms with Gasteiger partial charge in [-0.05, 0) is 57.8 Å². The zero-order valence-electron chi connectivity index (χ0n) is 55.8. The highest BCUT2D eigenvalue weighted by molar-refractivity contribution is 5.76. The number of carbonyl (C=O) groups excluding carboxylic acids is 2. The molecule has 0 spiro atoms. The molecular weight excluding hydrogens is 1010 g/mol. The van der Waals surface area contributed by atoms with Crippen LogP contribution in [-0.2, 0) is 14.3 Å². The van der Waals surface area contributed by atoms with Crippen molar-refractivity contribution in [3.8, 4) is 0 Å². The van der Waals surface area contributed by atoms with Crippen molar-refractivity contribution in [3.63, 3.8) is 0 Å². The van der Waals surface area contributed by atoms with Crippen LogP contribution in [0.3, 0.4) is 0 Å². The minimum Gasteiger partial charge on any atom is -0.466 e. The maximum atomic E-state index is 12.5. The van der Waals surface area contributed by atoms with Crippen LogP contribution >= 0.6 is 0 Å². The predicted octanol–water partition coefficient (Wildman–Crippen LogP) is 24.5. The van der Waals surface area contributed by atoms with Crippen LogP contribution in [0.15, 0.2) is 24.3 Å². The van der Waals surface area contributed by atoms with Crippen LogP contribution < -0.4 is 5.32 Å². The number of aliphatic hydroxyl groups is 2.